The Morgan fingerprint density at radius 2 is 1.14 bits per heavy atom. The molecule has 10 fully saturated rings. The summed E-state index contributed by atoms with van der Waals surface area (Å²) in [5.41, 5.74) is -0.460. The molecule has 4 aliphatic carbocycles. The highest BCUT2D eigenvalue weighted by Crippen LogP contribution is 2.71. The van der Waals surface area contributed by atoms with Crippen molar-refractivity contribution in [3.8, 4) is 0 Å². The summed E-state index contributed by atoms with van der Waals surface area (Å²) in [5, 5.41) is 154. The maximum atomic E-state index is 12.3. The highest BCUT2D eigenvalue weighted by molar-refractivity contribution is 5.19. The van der Waals surface area contributed by atoms with E-state index in [9.17, 15) is 71.5 Å². The van der Waals surface area contributed by atoms with Crippen LogP contribution in [0.25, 0.3) is 0 Å². The summed E-state index contributed by atoms with van der Waals surface area (Å²) in [4.78, 5) is 0. The van der Waals surface area contributed by atoms with Crippen molar-refractivity contribution in [2.75, 3.05) is 33.0 Å². The fraction of sp³-hybridized carbons (Fsp3) is 1.00. The summed E-state index contributed by atoms with van der Waals surface area (Å²) in [6.45, 7) is 6.51. The van der Waals surface area contributed by atoms with Crippen LogP contribution in [0, 0.1) is 52.3 Å². The Balaban J connectivity index is 0.830. The molecule has 0 radical (unpaired) electrons. The number of ether oxygens (including phenoxy) is 10. The second kappa shape index (κ2) is 21.5. The molecule has 74 heavy (non-hydrogen) atoms. The molecule has 6 aliphatic heterocycles. The van der Waals surface area contributed by atoms with E-state index in [0.29, 0.717) is 25.4 Å². The molecule has 24 nitrogen and oxygen atoms in total. The molecule has 426 valence electrons. The van der Waals surface area contributed by atoms with Gasteiger partial charge in [-0.3, -0.25) is 0 Å². The molecule has 10 rings (SSSR count). The standard InChI is InChI=1S/C50H82O24/c1-18-7-10-50(66-16-18)19(2)29-41(74-50)34(59)30-21-6-5-20-11-25(23(54)12-49(20,4)22(21)8-9-48(29,30)3)67-45-39(64)36(61)40(28(15-53)70-45)71-47-43(73-46-38(63)35(60)32(57)26(13-51)68-46)42(33(58)27(14-52)69-47)72-44-37(62)31(56)24(55)17-65-44/h18-47,51-64H,5-17H2,1-4H3/t18-,19?,20?,21?,22?,23-,24-,25-,26-,27-,28-,29?,30?,31+,32+,33-,34?,35+,36-,37-,38-,39-,40+,41?,42+,43-,44?,45-,46+,47?,48-,49+,50-/m1/s1. The largest absolute Gasteiger partial charge is 0.394 e. The first kappa shape index (κ1) is 56.3. The van der Waals surface area contributed by atoms with Gasteiger partial charge in [0.1, 0.15) is 91.6 Å². The van der Waals surface area contributed by atoms with Gasteiger partial charge in [-0.05, 0) is 85.4 Å². The van der Waals surface area contributed by atoms with Gasteiger partial charge in [-0.25, -0.2) is 0 Å². The number of hydrogen-bond donors (Lipinski definition) is 14. The zero-order valence-electron chi connectivity index (χ0n) is 42.4. The molecule has 33 atom stereocenters. The van der Waals surface area contributed by atoms with Crippen LogP contribution in [-0.4, -0.2) is 251 Å². The van der Waals surface area contributed by atoms with Gasteiger partial charge in [0.25, 0.3) is 0 Å². The topological polar surface area (TPSA) is 376 Å². The van der Waals surface area contributed by atoms with Crippen LogP contribution in [0.4, 0.5) is 0 Å². The van der Waals surface area contributed by atoms with Gasteiger partial charge in [-0.15, -0.1) is 0 Å². The number of aliphatic hydroxyl groups is 14. The van der Waals surface area contributed by atoms with E-state index in [-0.39, 0.29) is 52.4 Å². The van der Waals surface area contributed by atoms with E-state index in [2.05, 4.69) is 27.7 Å². The van der Waals surface area contributed by atoms with Crippen molar-refractivity contribution in [2.45, 2.75) is 226 Å². The van der Waals surface area contributed by atoms with Gasteiger partial charge in [0.05, 0.1) is 57.5 Å². The van der Waals surface area contributed by atoms with E-state index in [0.717, 1.165) is 38.5 Å². The van der Waals surface area contributed by atoms with Gasteiger partial charge in [0.15, 0.2) is 30.9 Å². The Hall–Kier alpha value is -0.960. The number of hydrogen-bond acceptors (Lipinski definition) is 24. The second-order valence-corrected chi connectivity index (χ2v) is 24.1. The Morgan fingerprint density at radius 3 is 1.82 bits per heavy atom. The van der Waals surface area contributed by atoms with Crippen LogP contribution in [0.5, 0.6) is 0 Å². The van der Waals surface area contributed by atoms with Gasteiger partial charge in [-0.1, -0.05) is 27.7 Å². The highest BCUT2D eigenvalue weighted by atomic mass is 16.8. The molecule has 6 heterocycles. The first-order chi connectivity index (χ1) is 35.1. The molecule has 0 aromatic rings. The molecule has 10 aliphatic rings. The van der Waals surface area contributed by atoms with E-state index in [1.807, 2.05) is 0 Å². The predicted octanol–water partition coefficient (Wildman–Crippen LogP) is -4.33. The van der Waals surface area contributed by atoms with Gasteiger partial charge in [0, 0.05) is 18.3 Å². The molecule has 0 aromatic heterocycles. The lowest BCUT2D eigenvalue weighted by atomic mass is 9.44. The molecule has 0 amide bonds. The summed E-state index contributed by atoms with van der Waals surface area (Å²) < 4.78 is 60.8. The minimum Gasteiger partial charge on any atom is -0.394 e. The van der Waals surface area contributed by atoms with Crippen LogP contribution < -0.4 is 0 Å². The van der Waals surface area contributed by atoms with Crippen LogP contribution in [0.3, 0.4) is 0 Å². The maximum Gasteiger partial charge on any atom is 0.187 e. The number of fused-ring (bicyclic) bond motifs is 7. The molecule has 14 N–H and O–H groups in total. The lowest BCUT2D eigenvalue weighted by Gasteiger charge is -2.62. The molecule has 24 heteroatoms. The molecular weight excluding hydrogens is 985 g/mol. The van der Waals surface area contributed by atoms with Gasteiger partial charge < -0.3 is 119 Å². The molecule has 0 aromatic carbocycles. The molecule has 10 unspecified atom stereocenters. The third kappa shape index (κ3) is 9.35. The number of rotatable bonds is 11. The lowest BCUT2D eigenvalue weighted by Crippen LogP contribution is -2.68. The van der Waals surface area contributed by atoms with Crippen molar-refractivity contribution < 1.29 is 119 Å². The van der Waals surface area contributed by atoms with Gasteiger partial charge in [-0.2, -0.15) is 0 Å². The van der Waals surface area contributed by atoms with E-state index < -0.39 is 167 Å². The minimum atomic E-state index is -2.03. The zero-order valence-corrected chi connectivity index (χ0v) is 42.4. The minimum absolute atomic E-state index is 0.0229. The average Bonchev–Trinajstić information content (AvgIpc) is 3.79. The molecule has 0 bridgehead atoms. The lowest BCUT2D eigenvalue weighted by molar-refractivity contribution is -0.404. The number of aliphatic hydroxyl groups excluding tert-OH is 14. The van der Waals surface area contributed by atoms with Crippen LogP contribution >= 0.6 is 0 Å². The quantitative estimate of drug-likeness (QED) is 0.0870. The molecular formula is C50H82O24. The van der Waals surface area contributed by atoms with Crippen LogP contribution in [0.2, 0.25) is 0 Å². The summed E-state index contributed by atoms with van der Waals surface area (Å²) >= 11 is 0. The Kier molecular flexibility index (Phi) is 16.4. The monoisotopic (exact) mass is 1070 g/mol. The van der Waals surface area contributed by atoms with Crippen molar-refractivity contribution in [1.82, 2.24) is 0 Å². The van der Waals surface area contributed by atoms with Gasteiger partial charge in [0.2, 0.25) is 0 Å². The third-order valence-electron chi connectivity index (χ3n) is 20.0. The average molecular weight is 1070 g/mol. The summed E-state index contributed by atoms with van der Waals surface area (Å²) in [7, 11) is 0. The SMILES string of the molecule is CC1C2C(O[C@]13CC[C@@H](C)CO3)C(O)C1C3CCC4C[C@@H](O[C@@H]5O[C@H](CO)[C@H](OC6O[C@H](CO)[C@@H](O)[C@H](OC7OC[C@@H](O)[C@H](O)[C@H]7O)[C@H]6O[C@@H]6O[C@H](CO)[C@H](O)[C@H](O)[C@H]6O)[C@H](O)[C@H]5O)[C@H](O)C[C@]4(C)C3CC[C@@]12C. The second-order valence-electron chi connectivity index (χ2n) is 24.1. The summed E-state index contributed by atoms with van der Waals surface area (Å²) in [6, 6.07) is 0. The Labute approximate surface area is 429 Å². The van der Waals surface area contributed by atoms with E-state index in [4.69, 9.17) is 47.4 Å². The van der Waals surface area contributed by atoms with E-state index >= 15 is 0 Å². The summed E-state index contributed by atoms with van der Waals surface area (Å²) in [6.07, 6.45) is -30.7. The van der Waals surface area contributed by atoms with Crippen LogP contribution in [-0.2, 0) is 47.4 Å². The summed E-state index contributed by atoms with van der Waals surface area (Å²) in [5.74, 6) is 0.623. The third-order valence-corrected chi connectivity index (χ3v) is 20.0. The van der Waals surface area contributed by atoms with Crippen molar-refractivity contribution in [1.29, 1.82) is 0 Å². The smallest absolute Gasteiger partial charge is 0.187 e. The predicted molar refractivity (Wildman–Crippen MR) is 245 cm³/mol. The van der Waals surface area contributed by atoms with Crippen molar-refractivity contribution in [3.05, 3.63) is 0 Å². The zero-order chi connectivity index (χ0) is 53.1. The van der Waals surface area contributed by atoms with Crippen molar-refractivity contribution >= 4 is 0 Å². The van der Waals surface area contributed by atoms with Crippen molar-refractivity contribution in [3.63, 3.8) is 0 Å². The first-order valence-corrected chi connectivity index (χ1v) is 26.9. The van der Waals surface area contributed by atoms with E-state index in [1.165, 1.54) is 0 Å². The van der Waals surface area contributed by atoms with Crippen molar-refractivity contribution in [2.24, 2.45) is 52.3 Å². The molecule has 1 spiro atoms. The maximum absolute atomic E-state index is 12.3. The molecule has 6 saturated heterocycles. The molecule has 4 saturated carbocycles. The van der Waals surface area contributed by atoms with Crippen LogP contribution in [0.15, 0.2) is 0 Å². The highest BCUT2D eigenvalue weighted by Gasteiger charge is 2.73. The van der Waals surface area contributed by atoms with E-state index in [1.54, 1.807) is 0 Å². The van der Waals surface area contributed by atoms with Gasteiger partial charge >= 0.3 is 0 Å². The normalized spacial score (nSPS) is 58.6. The fourth-order valence-corrected chi connectivity index (χ4v) is 16.0. The van der Waals surface area contributed by atoms with Crippen LogP contribution in [0.1, 0.15) is 79.1 Å². The Bertz CT molecular complexity index is 1900. The first-order valence-electron chi connectivity index (χ1n) is 26.9. The fourth-order valence-electron chi connectivity index (χ4n) is 16.0. The Morgan fingerprint density at radius 1 is 0.514 bits per heavy atom.